The van der Waals surface area contributed by atoms with E-state index in [2.05, 4.69) is 20.7 Å². The molecule has 0 fully saturated rings. The fraction of sp³-hybridized carbons (Fsp3) is 0.278. The molecule has 0 aliphatic heterocycles. The number of benzene rings is 1. The Hall–Kier alpha value is -1.93. The van der Waals surface area contributed by atoms with E-state index in [1.165, 1.54) is 0 Å². The van der Waals surface area contributed by atoms with E-state index in [9.17, 15) is 4.79 Å². The molecule has 0 bridgehead atoms. The summed E-state index contributed by atoms with van der Waals surface area (Å²) in [5.74, 6) is -0.110. The van der Waals surface area contributed by atoms with Crippen LogP contribution >= 0.6 is 35.3 Å². The molecule has 3 rings (SSSR count). The van der Waals surface area contributed by atoms with Crippen molar-refractivity contribution in [3.05, 3.63) is 57.1 Å². The Kier molecular flexibility index (Phi) is 7.38. The predicted octanol–water partition coefficient (Wildman–Crippen LogP) is 3.50. The van der Waals surface area contributed by atoms with Crippen molar-refractivity contribution in [1.82, 2.24) is 25.4 Å². The minimum atomic E-state index is -0.444. The molecular weight excluding hydrogens is 405 g/mol. The topological polar surface area (TPSA) is 71.8 Å². The molecule has 1 aromatic carbocycles. The molecule has 0 saturated carbocycles. The Labute approximate surface area is 173 Å². The summed E-state index contributed by atoms with van der Waals surface area (Å²) in [5.41, 5.74) is 2.77. The second-order valence-electron chi connectivity index (χ2n) is 5.91. The van der Waals surface area contributed by atoms with Gasteiger partial charge in [0.1, 0.15) is 11.0 Å². The minimum absolute atomic E-state index is 0. The molecule has 144 valence electrons. The highest BCUT2D eigenvalue weighted by atomic mass is 35.5. The summed E-state index contributed by atoms with van der Waals surface area (Å²) in [6.07, 6.45) is 3.51. The fourth-order valence-electron chi connectivity index (χ4n) is 2.71. The number of hydrogen-bond donors (Lipinski definition) is 2. The third-order valence-corrected chi connectivity index (χ3v) is 5.20. The van der Waals surface area contributed by atoms with Gasteiger partial charge in [-0.1, -0.05) is 23.7 Å². The van der Waals surface area contributed by atoms with Crippen molar-refractivity contribution in [2.75, 3.05) is 7.05 Å². The molecular formula is C18H21Cl2N5OS. The number of likely N-dealkylation sites (N-methyl/N-ethyl adjacent to an activating group) is 1. The number of nitrogens with zero attached hydrogens (tertiary/aromatic N) is 3. The maximum absolute atomic E-state index is 12.5. The molecule has 2 N–H and O–H groups in total. The summed E-state index contributed by atoms with van der Waals surface area (Å²) >= 11 is 7.53. The SMILES string of the molecule is CNC(C(=O)NCc1nc(-c2ccc(Cl)cc2)c(C)s1)c1cnn(C)c1.Cl. The van der Waals surface area contributed by atoms with Gasteiger partial charge in [-0.05, 0) is 26.1 Å². The van der Waals surface area contributed by atoms with Crippen molar-refractivity contribution < 1.29 is 4.79 Å². The van der Waals surface area contributed by atoms with Gasteiger partial charge in [0.05, 0.1) is 18.4 Å². The zero-order valence-electron chi connectivity index (χ0n) is 15.2. The molecule has 2 heterocycles. The number of nitrogens with one attached hydrogen (secondary N) is 2. The number of hydrogen-bond acceptors (Lipinski definition) is 5. The Balaban J connectivity index is 0.00000261. The Bertz CT molecular complexity index is 907. The van der Waals surface area contributed by atoms with Crippen LogP contribution in [0.3, 0.4) is 0 Å². The van der Waals surface area contributed by atoms with Crippen LogP contribution in [0.4, 0.5) is 0 Å². The van der Waals surface area contributed by atoms with Gasteiger partial charge >= 0.3 is 0 Å². The highest BCUT2D eigenvalue weighted by Gasteiger charge is 2.20. The van der Waals surface area contributed by atoms with Gasteiger partial charge in [0, 0.05) is 34.3 Å². The Morgan fingerprint density at radius 2 is 2.04 bits per heavy atom. The van der Waals surface area contributed by atoms with E-state index >= 15 is 0 Å². The summed E-state index contributed by atoms with van der Waals surface area (Å²) in [4.78, 5) is 18.3. The third-order valence-electron chi connectivity index (χ3n) is 3.98. The third kappa shape index (κ3) is 5.07. The molecule has 3 aromatic rings. The van der Waals surface area contributed by atoms with E-state index < -0.39 is 6.04 Å². The molecule has 1 amide bonds. The average Bonchev–Trinajstić information content (AvgIpc) is 3.20. The molecule has 0 saturated heterocycles. The van der Waals surface area contributed by atoms with Gasteiger partial charge < -0.3 is 10.6 Å². The minimum Gasteiger partial charge on any atom is -0.348 e. The molecule has 0 radical (unpaired) electrons. The van der Waals surface area contributed by atoms with Gasteiger partial charge in [0.15, 0.2) is 0 Å². The van der Waals surface area contributed by atoms with Crippen molar-refractivity contribution >= 4 is 41.3 Å². The van der Waals surface area contributed by atoms with Crippen molar-refractivity contribution in [2.45, 2.75) is 19.5 Å². The van der Waals surface area contributed by atoms with E-state index in [0.717, 1.165) is 26.7 Å². The predicted molar refractivity (Wildman–Crippen MR) is 111 cm³/mol. The van der Waals surface area contributed by atoms with Crippen LogP contribution in [0.5, 0.6) is 0 Å². The van der Waals surface area contributed by atoms with E-state index in [4.69, 9.17) is 11.6 Å². The molecule has 27 heavy (non-hydrogen) atoms. The van der Waals surface area contributed by atoms with Gasteiger partial charge in [-0.25, -0.2) is 4.98 Å². The van der Waals surface area contributed by atoms with Crippen LogP contribution in [0, 0.1) is 6.92 Å². The van der Waals surface area contributed by atoms with E-state index in [1.54, 1.807) is 29.3 Å². The molecule has 9 heteroatoms. The average molecular weight is 426 g/mol. The van der Waals surface area contributed by atoms with Crippen LogP contribution in [0.1, 0.15) is 21.5 Å². The van der Waals surface area contributed by atoms with Gasteiger partial charge in [-0.15, -0.1) is 23.7 Å². The summed E-state index contributed by atoms with van der Waals surface area (Å²) in [6.45, 7) is 2.41. The quantitative estimate of drug-likeness (QED) is 0.633. The Morgan fingerprint density at radius 3 is 2.63 bits per heavy atom. The first-order valence-electron chi connectivity index (χ1n) is 8.13. The van der Waals surface area contributed by atoms with E-state index in [0.29, 0.717) is 11.6 Å². The smallest absolute Gasteiger partial charge is 0.242 e. The highest BCUT2D eigenvalue weighted by Crippen LogP contribution is 2.28. The first-order chi connectivity index (χ1) is 12.5. The van der Waals surface area contributed by atoms with Crippen LogP contribution in [0.15, 0.2) is 36.7 Å². The number of thiazole rings is 1. The summed E-state index contributed by atoms with van der Waals surface area (Å²) in [7, 11) is 3.58. The fourth-order valence-corrected chi connectivity index (χ4v) is 3.73. The van der Waals surface area contributed by atoms with Crippen molar-refractivity contribution in [2.24, 2.45) is 7.05 Å². The normalized spacial score (nSPS) is 11.7. The number of halogens is 2. The first-order valence-corrected chi connectivity index (χ1v) is 9.33. The molecule has 0 spiro atoms. The van der Waals surface area contributed by atoms with Crippen LogP contribution in [-0.2, 0) is 18.4 Å². The molecule has 2 aromatic heterocycles. The molecule has 0 aliphatic carbocycles. The van der Waals surface area contributed by atoms with Gasteiger partial charge in [0.2, 0.25) is 5.91 Å². The monoisotopic (exact) mass is 425 g/mol. The lowest BCUT2D eigenvalue weighted by Crippen LogP contribution is -2.35. The number of carbonyl (C=O) groups is 1. The zero-order valence-corrected chi connectivity index (χ0v) is 17.6. The van der Waals surface area contributed by atoms with Gasteiger partial charge in [-0.3, -0.25) is 9.48 Å². The first kappa shape index (κ1) is 21.4. The van der Waals surface area contributed by atoms with Crippen molar-refractivity contribution in [1.29, 1.82) is 0 Å². The number of aryl methyl sites for hydroxylation is 2. The zero-order chi connectivity index (χ0) is 18.7. The summed E-state index contributed by atoms with van der Waals surface area (Å²) in [5, 5.41) is 11.6. The van der Waals surface area contributed by atoms with Crippen LogP contribution in [0.2, 0.25) is 5.02 Å². The maximum Gasteiger partial charge on any atom is 0.242 e. The van der Waals surface area contributed by atoms with E-state index in [-0.39, 0.29) is 18.3 Å². The number of carbonyl (C=O) groups excluding carboxylic acids is 1. The molecule has 1 atom stereocenters. The second-order valence-corrected chi connectivity index (χ2v) is 7.63. The lowest BCUT2D eigenvalue weighted by Gasteiger charge is -2.13. The number of aromatic nitrogens is 3. The number of rotatable bonds is 6. The standard InChI is InChI=1S/C18H20ClN5OS.ClH/c1-11-16(12-4-6-14(19)7-5-12)23-15(26-11)9-21-18(25)17(20-2)13-8-22-24(3)10-13;/h4-8,10,17,20H,9H2,1-3H3,(H,21,25);1H. The second kappa shape index (κ2) is 9.32. The highest BCUT2D eigenvalue weighted by molar-refractivity contribution is 7.12. The summed E-state index contributed by atoms with van der Waals surface area (Å²) < 4.78 is 1.68. The van der Waals surface area contributed by atoms with Gasteiger partial charge in [0.25, 0.3) is 0 Å². The molecule has 0 aliphatic rings. The van der Waals surface area contributed by atoms with Crippen LogP contribution < -0.4 is 10.6 Å². The van der Waals surface area contributed by atoms with Crippen LogP contribution in [0.25, 0.3) is 11.3 Å². The van der Waals surface area contributed by atoms with Gasteiger partial charge in [-0.2, -0.15) is 5.10 Å². The lowest BCUT2D eigenvalue weighted by atomic mass is 10.1. The summed E-state index contributed by atoms with van der Waals surface area (Å²) in [6, 6.07) is 7.16. The van der Waals surface area contributed by atoms with Crippen LogP contribution in [-0.4, -0.2) is 27.7 Å². The van der Waals surface area contributed by atoms with E-state index in [1.807, 2.05) is 44.4 Å². The molecule has 1 unspecified atom stereocenters. The Morgan fingerprint density at radius 1 is 1.33 bits per heavy atom. The lowest BCUT2D eigenvalue weighted by molar-refractivity contribution is -0.123. The molecule has 6 nitrogen and oxygen atoms in total. The largest absolute Gasteiger partial charge is 0.348 e. The van der Waals surface area contributed by atoms with Crippen molar-refractivity contribution in [3.63, 3.8) is 0 Å². The number of amides is 1. The maximum atomic E-state index is 12.5. The van der Waals surface area contributed by atoms with Crippen molar-refractivity contribution in [3.8, 4) is 11.3 Å².